The van der Waals surface area contributed by atoms with Crippen molar-refractivity contribution in [2.45, 2.75) is 23.6 Å². The minimum atomic E-state index is -0.375. The maximum atomic E-state index is 11.6. The van der Waals surface area contributed by atoms with Crippen LogP contribution >= 0.6 is 23.2 Å². The van der Waals surface area contributed by atoms with Gasteiger partial charge in [-0.05, 0) is 18.3 Å². The van der Waals surface area contributed by atoms with Crippen LogP contribution in [0, 0.1) is 17.3 Å². The van der Waals surface area contributed by atoms with Crippen LogP contribution in [0.25, 0.3) is 0 Å². The third kappa shape index (κ3) is 0.829. The van der Waals surface area contributed by atoms with Crippen LogP contribution in [0.5, 0.6) is 0 Å². The first-order valence-corrected chi connectivity index (χ1v) is 5.54. The quantitative estimate of drug-likeness (QED) is 0.449. The first-order valence-electron chi connectivity index (χ1n) is 4.67. The molecule has 0 aromatic carbocycles. The normalized spacial score (nSPS) is 50.2. The van der Waals surface area contributed by atoms with Gasteiger partial charge in [0.15, 0.2) is 5.78 Å². The number of Topliss-reactive ketones (excluding diaryl/α,β-unsaturated/α-hetero) is 1. The largest absolute Gasteiger partial charge is 0.296 e. The molecule has 13 heavy (non-hydrogen) atoms. The van der Waals surface area contributed by atoms with Gasteiger partial charge < -0.3 is 0 Å². The highest BCUT2D eigenvalue weighted by molar-refractivity contribution is 6.41. The molecule has 0 aliphatic heterocycles. The van der Waals surface area contributed by atoms with E-state index in [1.165, 1.54) is 12.8 Å². The van der Waals surface area contributed by atoms with E-state index in [1.807, 2.05) is 0 Å². The second-order valence-electron chi connectivity index (χ2n) is 4.38. The zero-order valence-corrected chi connectivity index (χ0v) is 8.55. The van der Waals surface area contributed by atoms with Crippen molar-refractivity contribution >= 4 is 29.0 Å². The van der Waals surface area contributed by atoms with Gasteiger partial charge in [0, 0.05) is 11.8 Å². The maximum absolute atomic E-state index is 11.6. The second-order valence-corrected chi connectivity index (χ2v) is 5.32. The minimum absolute atomic E-state index is 0.0286. The summed E-state index contributed by atoms with van der Waals surface area (Å²) in [6.07, 6.45) is 6.59. The van der Waals surface area contributed by atoms with E-state index in [2.05, 4.69) is 12.2 Å². The molecular formula is C10H10Cl2O. The molecule has 3 aliphatic carbocycles. The van der Waals surface area contributed by atoms with Gasteiger partial charge in [-0.25, -0.2) is 0 Å². The molecule has 3 aliphatic rings. The van der Waals surface area contributed by atoms with Crippen LogP contribution in [0.3, 0.4) is 0 Å². The van der Waals surface area contributed by atoms with Gasteiger partial charge in [-0.2, -0.15) is 0 Å². The number of carbonyl (C=O) groups excluding carboxylic acids is 1. The lowest BCUT2D eigenvalue weighted by molar-refractivity contribution is -0.122. The van der Waals surface area contributed by atoms with E-state index in [0.29, 0.717) is 0 Å². The Morgan fingerprint density at radius 3 is 2.00 bits per heavy atom. The van der Waals surface area contributed by atoms with Crippen LogP contribution in [0.4, 0.5) is 0 Å². The molecule has 0 radical (unpaired) electrons. The Morgan fingerprint density at radius 2 is 1.62 bits per heavy atom. The predicted molar refractivity (Wildman–Crippen MR) is 52.1 cm³/mol. The van der Waals surface area contributed by atoms with Gasteiger partial charge in [0.25, 0.3) is 0 Å². The zero-order valence-electron chi connectivity index (χ0n) is 7.04. The molecule has 4 atom stereocenters. The Kier molecular flexibility index (Phi) is 1.48. The van der Waals surface area contributed by atoms with Crippen LogP contribution in [0.2, 0.25) is 0 Å². The summed E-state index contributed by atoms with van der Waals surface area (Å²) in [4.78, 5) is 11.6. The summed E-state index contributed by atoms with van der Waals surface area (Å²) in [7, 11) is 0. The number of alkyl halides is 2. The van der Waals surface area contributed by atoms with Crippen LogP contribution < -0.4 is 0 Å². The van der Waals surface area contributed by atoms with Gasteiger partial charge in [0.1, 0.15) is 10.8 Å². The Balaban J connectivity index is 2.06. The third-order valence-electron chi connectivity index (χ3n) is 3.86. The monoisotopic (exact) mass is 216 g/mol. The zero-order chi connectivity index (χ0) is 9.22. The van der Waals surface area contributed by atoms with Crippen molar-refractivity contribution in [2.24, 2.45) is 17.3 Å². The molecule has 0 N–H and O–H groups in total. The molecule has 1 spiro atoms. The number of hydrogen-bond donors (Lipinski definition) is 0. The lowest BCUT2D eigenvalue weighted by atomic mass is 9.73. The first-order chi connectivity index (χ1) is 6.17. The molecule has 2 fully saturated rings. The van der Waals surface area contributed by atoms with Crippen LogP contribution in [0.1, 0.15) is 12.8 Å². The van der Waals surface area contributed by atoms with E-state index < -0.39 is 0 Å². The average Bonchev–Trinajstić information content (AvgIpc) is 2.78. The minimum Gasteiger partial charge on any atom is -0.296 e. The average molecular weight is 217 g/mol. The predicted octanol–water partition coefficient (Wildman–Crippen LogP) is 2.37. The summed E-state index contributed by atoms with van der Waals surface area (Å²) >= 11 is 12.2. The number of allylic oxidation sites excluding steroid dienone is 2. The molecule has 0 aromatic rings. The summed E-state index contributed by atoms with van der Waals surface area (Å²) in [5.74, 6) is 0.559. The van der Waals surface area contributed by atoms with Crippen LogP contribution in [-0.2, 0) is 4.79 Å². The number of halogens is 2. The standard InChI is InChI=1S/C10H10Cl2O/c11-7-5-1-2-6(8(12)9(7)13)10(5)3-4-10/h1-2,5-8H,3-4H2/t5-,6+,7+,8-. The number of hydrogen-bond acceptors (Lipinski definition) is 1. The summed E-state index contributed by atoms with van der Waals surface area (Å²) in [6, 6.07) is 0. The highest BCUT2D eigenvalue weighted by Crippen LogP contribution is 2.67. The molecule has 3 heteroatoms. The summed E-state index contributed by atoms with van der Waals surface area (Å²) < 4.78 is 0. The van der Waals surface area contributed by atoms with E-state index in [-0.39, 0.29) is 33.8 Å². The molecule has 0 amide bonds. The fourth-order valence-electron chi connectivity index (χ4n) is 2.94. The molecule has 3 rings (SSSR count). The van der Waals surface area contributed by atoms with E-state index in [0.717, 1.165) is 0 Å². The van der Waals surface area contributed by atoms with Gasteiger partial charge in [0.2, 0.25) is 0 Å². The molecule has 2 saturated carbocycles. The fraction of sp³-hybridized carbons (Fsp3) is 0.700. The molecule has 2 bridgehead atoms. The highest BCUT2D eigenvalue weighted by atomic mass is 35.5. The highest BCUT2D eigenvalue weighted by Gasteiger charge is 2.64. The molecule has 0 aromatic heterocycles. The Hall–Kier alpha value is -0.0100. The Bertz CT molecular complexity index is 282. The Morgan fingerprint density at radius 1 is 1.15 bits per heavy atom. The van der Waals surface area contributed by atoms with E-state index in [4.69, 9.17) is 23.2 Å². The molecule has 0 saturated heterocycles. The van der Waals surface area contributed by atoms with Crippen molar-refractivity contribution in [3.63, 3.8) is 0 Å². The Labute approximate surface area is 87.1 Å². The van der Waals surface area contributed by atoms with Gasteiger partial charge in [-0.1, -0.05) is 12.2 Å². The summed E-state index contributed by atoms with van der Waals surface area (Å²) in [5.41, 5.74) is 0.284. The van der Waals surface area contributed by atoms with Crippen molar-refractivity contribution < 1.29 is 4.79 Å². The van der Waals surface area contributed by atoms with Gasteiger partial charge in [-0.3, -0.25) is 4.79 Å². The van der Waals surface area contributed by atoms with Crippen LogP contribution in [0.15, 0.2) is 12.2 Å². The summed E-state index contributed by atoms with van der Waals surface area (Å²) in [5, 5.41) is -0.750. The third-order valence-corrected chi connectivity index (χ3v) is 4.83. The topological polar surface area (TPSA) is 17.1 Å². The van der Waals surface area contributed by atoms with E-state index >= 15 is 0 Å². The lowest BCUT2D eigenvalue weighted by Crippen LogP contribution is -2.45. The molecular weight excluding hydrogens is 207 g/mol. The molecule has 0 heterocycles. The van der Waals surface area contributed by atoms with Crippen molar-refractivity contribution in [2.75, 3.05) is 0 Å². The lowest BCUT2D eigenvalue weighted by Gasteiger charge is -2.36. The first kappa shape index (κ1) is 8.31. The van der Waals surface area contributed by atoms with E-state index in [1.54, 1.807) is 0 Å². The van der Waals surface area contributed by atoms with Crippen molar-refractivity contribution in [3.05, 3.63) is 12.2 Å². The molecule has 0 unspecified atom stereocenters. The fourth-order valence-corrected chi connectivity index (χ4v) is 3.95. The van der Waals surface area contributed by atoms with Gasteiger partial charge >= 0.3 is 0 Å². The molecule has 70 valence electrons. The number of ketones is 1. The van der Waals surface area contributed by atoms with Crippen molar-refractivity contribution in [3.8, 4) is 0 Å². The molecule has 1 nitrogen and oxygen atoms in total. The van der Waals surface area contributed by atoms with Gasteiger partial charge in [0.05, 0.1) is 0 Å². The van der Waals surface area contributed by atoms with E-state index in [9.17, 15) is 4.79 Å². The SMILES string of the molecule is O=C1[C@@H](Cl)[C@H]2C=C[C@@H]([C@H]1Cl)C21CC1. The van der Waals surface area contributed by atoms with Crippen molar-refractivity contribution in [1.29, 1.82) is 0 Å². The van der Waals surface area contributed by atoms with Crippen molar-refractivity contribution in [1.82, 2.24) is 0 Å². The summed E-state index contributed by atoms with van der Waals surface area (Å²) in [6.45, 7) is 0. The van der Waals surface area contributed by atoms with Gasteiger partial charge in [-0.15, -0.1) is 23.2 Å². The number of rotatable bonds is 0. The smallest absolute Gasteiger partial charge is 0.169 e. The maximum Gasteiger partial charge on any atom is 0.169 e. The van der Waals surface area contributed by atoms with Crippen LogP contribution in [-0.4, -0.2) is 16.5 Å². The number of carbonyl (C=O) groups is 1. The second kappa shape index (κ2) is 2.32.